The lowest BCUT2D eigenvalue weighted by atomic mass is 10.1. The molecule has 5 nitrogen and oxygen atoms in total. The molecule has 3 aromatic rings. The summed E-state index contributed by atoms with van der Waals surface area (Å²) in [6.45, 7) is 7.03. The van der Waals surface area contributed by atoms with Crippen LogP contribution >= 0.6 is 23.1 Å². The molecule has 1 unspecified atom stereocenters. The molecule has 0 aliphatic heterocycles. The van der Waals surface area contributed by atoms with Gasteiger partial charge in [0.05, 0.1) is 11.8 Å². The van der Waals surface area contributed by atoms with Crippen molar-refractivity contribution in [2.24, 2.45) is 0 Å². The molecule has 0 fully saturated rings. The van der Waals surface area contributed by atoms with E-state index in [1.807, 2.05) is 37.3 Å². The predicted molar refractivity (Wildman–Crippen MR) is 117 cm³/mol. The van der Waals surface area contributed by atoms with Crippen molar-refractivity contribution in [1.29, 1.82) is 0 Å². The number of aryl methyl sites for hydroxylation is 1. The Balaban J connectivity index is 1.62. The number of nitrogens with zero attached hydrogens (tertiary/aromatic N) is 3. The Bertz CT molecular complexity index is 904. The van der Waals surface area contributed by atoms with Gasteiger partial charge >= 0.3 is 0 Å². The molecule has 1 aromatic carbocycles. The maximum atomic E-state index is 12.4. The molecule has 148 valence electrons. The fraction of sp³-hybridized carbons (Fsp3) is 0.381. The summed E-state index contributed by atoms with van der Waals surface area (Å²) in [5.41, 5.74) is 2.21. The van der Waals surface area contributed by atoms with Gasteiger partial charge in [0.2, 0.25) is 5.91 Å². The Morgan fingerprint density at radius 1 is 1.25 bits per heavy atom. The van der Waals surface area contributed by atoms with E-state index in [1.54, 1.807) is 11.3 Å². The predicted octanol–water partition coefficient (Wildman–Crippen LogP) is 4.95. The Morgan fingerprint density at radius 2 is 2.04 bits per heavy atom. The van der Waals surface area contributed by atoms with Gasteiger partial charge in [0, 0.05) is 22.4 Å². The highest BCUT2D eigenvalue weighted by Crippen LogP contribution is 2.28. The monoisotopic (exact) mass is 414 g/mol. The van der Waals surface area contributed by atoms with Crippen LogP contribution in [0.15, 0.2) is 46.9 Å². The smallest absolute Gasteiger partial charge is 0.230 e. The standard InChI is InChI=1S/C21H26N4OS2/c1-4-9-18-12-17(13-27-18)20-23-24-21(25(20)5-2)28-14-19(26)22-15(3)16-10-7-6-8-11-16/h6-8,10-13,15H,4-5,9,14H2,1-3H3,(H,22,26). The zero-order valence-corrected chi connectivity index (χ0v) is 18.1. The molecule has 2 heterocycles. The Morgan fingerprint density at radius 3 is 2.75 bits per heavy atom. The first-order valence-electron chi connectivity index (χ1n) is 9.60. The number of aromatic nitrogens is 3. The van der Waals surface area contributed by atoms with Crippen molar-refractivity contribution in [3.05, 3.63) is 52.2 Å². The Hall–Kier alpha value is -2.12. The topological polar surface area (TPSA) is 59.8 Å². The number of thioether (sulfide) groups is 1. The normalized spacial score (nSPS) is 12.1. The van der Waals surface area contributed by atoms with Crippen LogP contribution < -0.4 is 5.32 Å². The van der Waals surface area contributed by atoms with Crippen LogP contribution in [-0.4, -0.2) is 26.4 Å². The number of hydrogen-bond acceptors (Lipinski definition) is 5. The van der Waals surface area contributed by atoms with Crippen molar-refractivity contribution in [3.63, 3.8) is 0 Å². The van der Waals surface area contributed by atoms with E-state index >= 15 is 0 Å². The first-order chi connectivity index (χ1) is 13.6. The van der Waals surface area contributed by atoms with Gasteiger partial charge in [0.1, 0.15) is 0 Å². The lowest BCUT2D eigenvalue weighted by molar-refractivity contribution is -0.119. The summed E-state index contributed by atoms with van der Waals surface area (Å²) < 4.78 is 2.08. The first kappa shape index (κ1) is 20.6. The second-order valence-electron chi connectivity index (χ2n) is 6.59. The molecule has 1 amide bonds. The summed E-state index contributed by atoms with van der Waals surface area (Å²) in [5.74, 6) is 1.19. The van der Waals surface area contributed by atoms with Gasteiger partial charge in [0.15, 0.2) is 11.0 Å². The van der Waals surface area contributed by atoms with Gasteiger partial charge < -0.3 is 9.88 Å². The lowest BCUT2D eigenvalue weighted by Crippen LogP contribution is -2.28. The molecule has 0 aliphatic carbocycles. The van der Waals surface area contributed by atoms with E-state index in [-0.39, 0.29) is 11.9 Å². The number of carbonyl (C=O) groups is 1. The van der Waals surface area contributed by atoms with Crippen molar-refractivity contribution in [2.45, 2.75) is 51.4 Å². The number of amides is 1. The van der Waals surface area contributed by atoms with Gasteiger partial charge in [0.25, 0.3) is 0 Å². The maximum Gasteiger partial charge on any atom is 0.230 e. The minimum absolute atomic E-state index is 0.00526. The third-order valence-electron chi connectivity index (χ3n) is 4.45. The summed E-state index contributed by atoms with van der Waals surface area (Å²) in [6, 6.07) is 12.2. The van der Waals surface area contributed by atoms with Gasteiger partial charge in [-0.05, 0) is 31.9 Å². The first-order valence-corrected chi connectivity index (χ1v) is 11.5. The minimum atomic E-state index is -0.0169. The van der Waals surface area contributed by atoms with Crippen LogP contribution in [0.25, 0.3) is 11.4 Å². The van der Waals surface area contributed by atoms with Gasteiger partial charge in [-0.3, -0.25) is 4.79 Å². The minimum Gasteiger partial charge on any atom is -0.349 e. The second-order valence-corrected chi connectivity index (χ2v) is 8.53. The number of rotatable bonds is 9. The van der Waals surface area contributed by atoms with Crippen LogP contribution in [0.1, 0.15) is 43.7 Å². The van der Waals surface area contributed by atoms with Crippen LogP contribution in [0, 0.1) is 0 Å². The van der Waals surface area contributed by atoms with Crippen molar-refractivity contribution >= 4 is 29.0 Å². The van der Waals surface area contributed by atoms with Gasteiger partial charge in [-0.25, -0.2) is 0 Å². The molecule has 0 radical (unpaired) electrons. The van der Waals surface area contributed by atoms with Crippen LogP contribution in [0.5, 0.6) is 0 Å². The number of benzene rings is 1. The van der Waals surface area contributed by atoms with E-state index in [1.165, 1.54) is 16.6 Å². The van der Waals surface area contributed by atoms with Crippen LogP contribution in [-0.2, 0) is 17.8 Å². The number of nitrogens with one attached hydrogen (secondary N) is 1. The highest BCUT2D eigenvalue weighted by Gasteiger charge is 2.16. The van der Waals surface area contributed by atoms with Crippen molar-refractivity contribution in [1.82, 2.24) is 20.1 Å². The summed E-state index contributed by atoms with van der Waals surface area (Å²) in [5, 5.41) is 14.7. The molecule has 0 bridgehead atoms. The number of hydrogen-bond donors (Lipinski definition) is 1. The van der Waals surface area contributed by atoms with Crippen molar-refractivity contribution < 1.29 is 4.79 Å². The van der Waals surface area contributed by atoms with E-state index in [0.717, 1.165) is 41.5 Å². The summed E-state index contributed by atoms with van der Waals surface area (Å²) >= 11 is 3.20. The van der Waals surface area contributed by atoms with Crippen molar-refractivity contribution in [3.8, 4) is 11.4 Å². The van der Waals surface area contributed by atoms with Crippen molar-refractivity contribution in [2.75, 3.05) is 5.75 Å². The van der Waals surface area contributed by atoms with Crippen LogP contribution in [0.3, 0.4) is 0 Å². The molecule has 7 heteroatoms. The highest BCUT2D eigenvalue weighted by atomic mass is 32.2. The second kappa shape index (κ2) is 9.89. The average Bonchev–Trinajstić information content (AvgIpc) is 3.33. The molecule has 2 aromatic heterocycles. The van der Waals surface area contributed by atoms with Gasteiger partial charge in [-0.15, -0.1) is 21.5 Å². The molecule has 1 atom stereocenters. The molecular weight excluding hydrogens is 388 g/mol. The maximum absolute atomic E-state index is 12.4. The molecular formula is C21H26N4OS2. The fourth-order valence-electron chi connectivity index (χ4n) is 3.01. The third-order valence-corrected chi connectivity index (χ3v) is 6.41. The zero-order chi connectivity index (χ0) is 19.9. The Kier molecular flexibility index (Phi) is 7.28. The van der Waals surface area contributed by atoms with E-state index in [2.05, 4.69) is 45.4 Å². The van der Waals surface area contributed by atoms with Crippen LogP contribution in [0.4, 0.5) is 0 Å². The van der Waals surface area contributed by atoms with E-state index < -0.39 is 0 Å². The van der Waals surface area contributed by atoms with Gasteiger partial charge in [-0.2, -0.15) is 0 Å². The average molecular weight is 415 g/mol. The van der Waals surface area contributed by atoms with E-state index in [0.29, 0.717) is 5.75 Å². The van der Waals surface area contributed by atoms with E-state index in [4.69, 9.17) is 0 Å². The van der Waals surface area contributed by atoms with E-state index in [9.17, 15) is 4.79 Å². The summed E-state index contributed by atoms with van der Waals surface area (Å²) in [7, 11) is 0. The van der Waals surface area contributed by atoms with Crippen LogP contribution in [0.2, 0.25) is 0 Å². The molecule has 1 N–H and O–H groups in total. The fourth-order valence-corrected chi connectivity index (χ4v) is 4.79. The number of carbonyl (C=O) groups excluding carboxylic acids is 1. The SMILES string of the molecule is CCCc1cc(-c2nnc(SCC(=O)NC(C)c3ccccc3)n2CC)cs1. The summed E-state index contributed by atoms with van der Waals surface area (Å²) in [6.07, 6.45) is 2.23. The highest BCUT2D eigenvalue weighted by molar-refractivity contribution is 7.99. The molecule has 0 aliphatic rings. The Labute approximate surface area is 174 Å². The third kappa shape index (κ3) is 5.02. The molecule has 3 rings (SSSR count). The molecule has 0 saturated heterocycles. The van der Waals surface area contributed by atoms with Gasteiger partial charge in [-0.1, -0.05) is 55.4 Å². The quantitative estimate of drug-likeness (QED) is 0.503. The molecule has 0 saturated carbocycles. The summed E-state index contributed by atoms with van der Waals surface area (Å²) in [4.78, 5) is 13.7. The number of thiophene rings is 1. The lowest BCUT2D eigenvalue weighted by Gasteiger charge is -2.14. The molecule has 0 spiro atoms. The molecule has 28 heavy (non-hydrogen) atoms. The largest absolute Gasteiger partial charge is 0.349 e. The zero-order valence-electron chi connectivity index (χ0n) is 16.5.